The van der Waals surface area contributed by atoms with Gasteiger partial charge in [0.2, 0.25) is 11.8 Å². The van der Waals surface area contributed by atoms with E-state index in [0.29, 0.717) is 23.5 Å². The lowest BCUT2D eigenvalue weighted by atomic mass is 10.4. The molecule has 90 valence electrons. The largest absolute Gasteiger partial charge is 0.461 e. The predicted molar refractivity (Wildman–Crippen MR) is 62.0 cm³/mol. The quantitative estimate of drug-likeness (QED) is 0.725. The van der Waals surface area contributed by atoms with Gasteiger partial charge in [0.05, 0.1) is 6.26 Å². The summed E-state index contributed by atoms with van der Waals surface area (Å²) in [5, 5.41) is 6.84. The molecule has 0 aliphatic carbocycles. The lowest BCUT2D eigenvalue weighted by molar-refractivity contribution is 0.576. The molecular weight excluding hydrogens is 234 g/mol. The molecule has 1 N–H and O–H groups in total. The highest BCUT2D eigenvalue weighted by atomic mass is 16.3. The van der Waals surface area contributed by atoms with Gasteiger partial charge in [0.15, 0.2) is 5.76 Å². The van der Waals surface area contributed by atoms with Crippen molar-refractivity contribution in [2.45, 2.75) is 0 Å². The van der Waals surface area contributed by atoms with Gasteiger partial charge in [-0.15, -0.1) is 0 Å². The predicted octanol–water partition coefficient (Wildman–Crippen LogP) is 0.754. The van der Waals surface area contributed by atoms with Crippen LogP contribution in [0.25, 0.3) is 17.5 Å². The molecule has 8 nitrogen and oxygen atoms in total. The van der Waals surface area contributed by atoms with E-state index in [9.17, 15) is 0 Å². The van der Waals surface area contributed by atoms with Gasteiger partial charge in [0, 0.05) is 7.05 Å². The van der Waals surface area contributed by atoms with Gasteiger partial charge in [0.1, 0.15) is 12.7 Å². The van der Waals surface area contributed by atoms with Crippen LogP contribution in [0.4, 0.5) is 5.95 Å². The third kappa shape index (κ3) is 1.79. The number of furan rings is 1. The van der Waals surface area contributed by atoms with E-state index in [1.807, 2.05) is 0 Å². The summed E-state index contributed by atoms with van der Waals surface area (Å²) in [4.78, 5) is 16.5. The van der Waals surface area contributed by atoms with E-state index < -0.39 is 0 Å². The highest BCUT2D eigenvalue weighted by Gasteiger charge is 2.11. The average Bonchev–Trinajstić information content (AvgIpc) is 3.10. The smallest absolute Gasteiger partial charge is 0.257 e. The van der Waals surface area contributed by atoms with Crippen molar-refractivity contribution in [1.82, 2.24) is 29.7 Å². The molecule has 0 atom stereocenters. The topological polar surface area (TPSA) is 94.6 Å². The fraction of sp³-hybridized carbons (Fsp3) is 0.100. The van der Waals surface area contributed by atoms with Crippen LogP contribution in [0, 0.1) is 0 Å². The lowest BCUT2D eigenvalue weighted by Crippen LogP contribution is -2.08. The first-order valence-electron chi connectivity index (χ1n) is 5.19. The Morgan fingerprint density at radius 3 is 2.89 bits per heavy atom. The Bertz CT molecular complexity index is 580. The van der Waals surface area contributed by atoms with Crippen LogP contribution in [0.1, 0.15) is 0 Å². The third-order valence-corrected chi connectivity index (χ3v) is 2.21. The van der Waals surface area contributed by atoms with E-state index in [4.69, 9.17) is 4.42 Å². The van der Waals surface area contributed by atoms with Crippen LogP contribution in [-0.4, -0.2) is 36.8 Å². The second-order valence-corrected chi connectivity index (χ2v) is 3.35. The van der Waals surface area contributed by atoms with Gasteiger partial charge in [-0.05, 0) is 12.1 Å². The number of hydrogen-bond acceptors (Lipinski definition) is 7. The van der Waals surface area contributed by atoms with Crippen molar-refractivity contribution in [2.75, 3.05) is 12.4 Å². The summed E-state index contributed by atoms with van der Waals surface area (Å²) < 4.78 is 6.72. The first-order chi connectivity index (χ1) is 8.86. The first kappa shape index (κ1) is 10.4. The minimum Gasteiger partial charge on any atom is -0.461 e. The summed E-state index contributed by atoms with van der Waals surface area (Å²) in [5.74, 6) is 1.81. The van der Waals surface area contributed by atoms with E-state index in [0.717, 1.165) is 0 Å². The number of nitrogens with zero attached hydrogens (tertiary/aromatic N) is 6. The highest BCUT2D eigenvalue weighted by molar-refractivity contribution is 5.49. The maximum absolute atomic E-state index is 5.27. The maximum atomic E-state index is 5.27. The normalized spacial score (nSPS) is 10.5. The van der Waals surface area contributed by atoms with E-state index in [-0.39, 0.29) is 0 Å². The van der Waals surface area contributed by atoms with Crippen molar-refractivity contribution in [3.8, 4) is 17.5 Å². The minimum atomic E-state index is 0.373. The molecular formula is C10H9N7O. The molecule has 0 amide bonds. The average molecular weight is 243 g/mol. The molecule has 3 heterocycles. The number of rotatable bonds is 3. The van der Waals surface area contributed by atoms with Crippen LogP contribution in [-0.2, 0) is 0 Å². The summed E-state index contributed by atoms with van der Waals surface area (Å²) in [6.07, 6.45) is 4.49. The molecule has 3 aromatic rings. The number of anilines is 1. The van der Waals surface area contributed by atoms with Crippen LogP contribution in [0.3, 0.4) is 0 Å². The second-order valence-electron chi connectivity index (χ2n) is 3.35. The number of aromatic nitrogens is 6. The molecule has 0 aliphatic heterocycles. The Kier molecular flexibility index (Phi) is 2.45. The Hall–Kier alpha value is -2.77. The molecule has 8 heteroatoms. The van der Waals surface area contributed by atoms with Gasteiger partial charge in [-0.25, -0.2) is 4.98 Å². The molecule has 0 saturated heterocycles. The summed E-state index contributed by atoms with van der Waals surface area (Å²) >= 11 is 0. The second kappa shape index (κ2) is 4.24. The maximum Gasteiger partial charge on any atom is 0.257 e. The van der Waals surface area contributed by atoms with Gasteiger partial charge in [-0.1, -0.05) is 0 Å². The number of hydrogen-bond donors (Lipinski definition) is 1. The zero-order valence-corrected chi connectivity index (χ0v) is 9.48. The lowest BCUT2D eigenvalue weighted by Gasteiger charge is -2.04. The van der Waals surface area contributed by atoms with Gasteiger partial charge in [0.25, 0.3) is 5.95 Å². The fourth-order valence-corrected chi connectivity index (χ4v) is 1.41. The van der Waals surface area contributed by atoms with Gasteiger partial charge < -0.3 is 9.73 Å². The zero-order valence-electron chi connectivity index (χ0n) is 9.48. The highest BCUT2D eigenvalue weighted by Crippen LogP contribution is 2.17. The van der Waals surface area contributed by atoms with Crippen molar-refractivity contribution in [1.29, 1.82) is 0 Å². The van der Waals surface area contributed by atoms with E-state index >= 15 is 0 Å². The third-order valence-electron chi connectivity index (χ3n) is 2.21. The molecule has 0 aromatic carbocycles. The SMILES string of the molecule is CNc1nc(-c2ccco2)nc(-n2cncn2)n1. The Balaban J connectivity index is 2.13. The van der Waals surface area contributed by atoms with Crippen molar-refractivity contribution >= 4 is 5.95 Å². The van der Waals surface area contributed by atoms with Crippen molar-refractivity contribution in [2.24, 2.45) is 0 Å². The standard InChI is InChI=1S/C10H9N7O/c1-11-9-14-8(7-3-2-4-18-7)15-10(16-9)17-6-12-5-13-17/h2-6H,1H3,(H,11,14,15,16). The molecule has 0 bridgehead atoms. The van der Waals surface area contributed by atoms with E-state index in [2.05, 4.69) is 30.4 Å². The molecule has 0 fully saturated rings. The summed E-state index contributed by atoms with van der Waals surface area (Å²) in [6, 6.07) is 3.55. The number of nitrogens with one attached hydrogen (secondary N) is 1. The van der Waals surface area contributed by atoms with Gasteiger partial charge in [-0.3, -0.25) is 0 Å². The van der Waals surface area contributed by atoms with Gasteiger partial charge >= 0.3 is 0 Å². The van der Waals surface area contributed by atoms with E-state index in [1.54, 1.807) is 25.4 Å². The van der Waals surface area contributed by atoms with Crippen molar-refractivity contribution in [3.63, 3.8) is 0 Å². The van der Waals surface area contributed by atoms with Crippen LogP contribution < -0.4 is 5.32 Å². The molecule has 0 aliphatic rings. The first-order valence-corrected chi connectivity index (χ1v) is 5.19. The molecule has 3 rings (SSSR count). The monoisotopic (exact) mass is 243 g/mol. The molecule has 0 radical (unpaired) electrons. The zero-order chi connectivity index (χ0) is 12.4. The summed E-state index contributed by atoms with van der Waals surface area (Å²) in [5.41, 5.74) is 0. The van der Waals surface area contributed by atoms with Gasteiger partial charge in [-0.2, -0.15) is 24.7 Å². The Labute approximate surface area is 102 Å². The van der Waals surface area contributed by atoms with Crippen LogP contribution >= 0.6 is 0 Å². The summed E-state index contributed by atoms with van der Waals surface area (Å²) in [7, 11) is 1.73. The molecule has 0 spiro atoms. The van der Waals surface area contributed by atoms with E-state index in [1.165, 1.54) is 17.3 Å². The fourth-order valence-electron chi connectivity index (χ4n) is 1.41. The van der Waals surface area contributed by atoms with Crippen molar-refractivity contribution in [3.05, 3.63) is 31.1 Å². The Morgan fingerprint density at radius 2 is 2.22 bits per heavy atom. The summed E-state index contributed by atoms with van der Waals surface area (Å²) in [6.45, 7) is 0. The van der Waals surface area contributed by atoms with Crippen LogP contribution in [0.5, 0.6) is 0 Å². The molecule has 3 aromatic heterocycles. The Morgan fingerprint density at radius 1 is 1.28 bits per heavy atom. The molecule has 18 heavy (non-hydrogen) atoms. The molecule has 0 unspecified atom stereocenters. The van der Waals surface area contributed by atoms with Crippen LogP contribution in [0.2, 0.25) is 0 Å². The minimum absolute atomic E-state index is 0.373. The molecule has 0 saturated carbocycles. The van der Waals surface area contributed by atoms with Crippen molar-refractivity contribution < 1.29 is 4.42 Å². The van der Waals surface area contributed by atoms with Crippen LogP contribution in [0.15, 0.2) is 35.5 Å².